The summed E-state index contributed by atoms with van der Waals surface area (Å²) in [7, 11) is -3.81. The van der Waals surface area contributed by atoms with Crippen LogP contribution < -0.4 is 4.74 Å². The summed E-state index contributed by atoms with van der Waals surface area (Å²) in [4.78, 5) is 0.140. The second-order valence-corrected chi connectivity index (χ2v) is 10.0. The van der Waals surface area contributed by atoms with E-state index in [1.807, 2.05) is 18.2 Å². The highest BCUT2D eigenvalue weighted by Crippen LogP contribution is 2.30. The molecule has 1 aromatic heterocycles. The van der Waals surface area contributed by atoms with Gasteiger partial charge in [-0.1, -0.05) is 30.3 Å². The van der Waals surface area contributed by atoms with Gasteiger partial charge in [0.25, 0.3) is 0 Å². The number of ether oxygens (including phenoxy) is 2. The lowest BCUT2D eigenvalue weighted by atomic mass is 10.1. The van der Waals surface area contributed by atoms with Crippen molar-refractivity contribution in [2.24, 2.45) is 0 Å². The molecule has 0 saturated carbocycles. The predicted octanol–water partition coefficient (Wildman–Crippen LogP) is 4.13. The van der Waals surface area contributed by atoms with Gasteiger partial charge < -0.3 is 9.47 Å². The monoisotopic (exact) mass is 485 g/mol. The molecule has 0 radical (unpaired) electrons. The molecule has 2 heterocycles. The first-order valence-electron chi connectivity index (χ1n) is 10.3. The molecule has 4 aromatic rings. The first kappa shape index (κ1) is 21.9. The van der Waals surface area contributed by atoms with Gasteiger partial charge in [0.1, 0.15) is 34.1 Å². The molecule has 0 N–H and O–H groups in total. The number of sulfonamides is 1. The van der Waals surface area contributed by atoms with Crippen LogP contribution in [0.5, 0.6) is 5.75 Å². The van der Waals surface area contributed by atoms with Gasteiger partial charge in [-0.3, -0.25) is 0 Å². The summed E-state index contributed by atoms with van der Waals surface area (Å²) in [6.07, 6.45) is 0. The van der Waals surface area contributed by atoms with Crippen LogP contribution in [-0.2, 0) is 34.5 Å². The largest absolute Gasteiger partial charge is 0.492 e. The van der Waals surface area contributed by atoms with Crippen molar-refractivity contribution in [2.75, 3.05) is 13.2 Å². The highest BCUT2D eigenvalue weighted by molar-refractivity contribution is 7.89. The standard InChI is InChI=1S/C23H20FN3O4S2/c24-19-5-2-1-4-17(19)15-30-14-16-8-9-21-18(12-16)13-27(10-11-31-21)33(28,29)22-7-3-6-20-23(22)26-32-25-20/h1-9,12H,10-11,13-15H2. The third-order valence-electron chi connectivity index (χ3n) is 5.42. The molecule has 0 spiro atoms. The summed E-state index contributed by atoms with van der Waals surface area (Å²) in [6, 6.07) is 17.0. The Morgan fingerprint density at radius 1 is 1.06 bits per heavy atom. The van der Waals surface area contributed by atoms with Crippen molar-refractivity contribution in [1.29, 1.82) is 0 Å². The maximum atomic E-state index is 13.8. The number of halogens is 1. The average Bonchev–Trinajstić information content (AvgIpc) is 3.19. The predicted molar refractivity (Wildman–Crippen MR) is 122 cm³/mol. The minimum atomic E-state index is -3.81. The molecule has 0 unspecified atom stereocenters. The van der Waals surface area contributed by atoms with Gasteiger partial charge in [-0.15, -0.1) is 0 Å². The van der Waals surface area contributed by atoms with E-state index in [0.29, 0.717) is 22.3 Å². The molecule has 3 aromatic carbocycles. The number of benzene rings is 3. The van der Waals surface area contributed by atoms with Gasteiger partial charge >= 0.3 is 0 Å². The van der Waals surface area contributed by atoms with Gasteiger partial charge in [-0.2, -0.15) is 13.1 Å². The summed E-state index contributed by atoms with van der Waals surface area (Å²) in [5.74, 6) is 0.332. The van der Waals surface area contributed by atoms with Gasteiger partial charge in [0.15, 0.2) is 0 Å². The lowest BCUT2D eigenvalue weighted by Gasteiger charge is -2.20. The number of aromatic nitrogens is 2. The molecule has 0 aliphatic carbocycles. The fourth-order valence-corrected chi connectivity index (χ4v) is 5.90. The Morgan fingerprint density at radius 3 is 2.82 bits per heavy atom. The van der Waals surface area contributed by atoms with Crippen molar-refractivity contribution < 1.29 is 22.3 Å². The van der Waals surface area contributed by atoms with Crippen molar-refractivity contribution in [1.82, 2.24) is 13.1 Å². The smallest absolute Gasteiger partial charge is 0.245 e. The van der Waals surface area contributed by atoms with Gasteiger partial charge in [-0.25, -0.2) is 12.8 Å². The van der Waals surface area contributed by atoms with Gasteiger partial charge in [0.05, 0.1) is 24.9 Å². The zero-order valence-corrected chi connectivity index (χ0v) is 19.1. The van der Waals surface area contributed by atoms with E-state index in [4.69, 9.17) is 9.47 Å². The lowest BCUT2D eigenvalue weighted by Crippen LogP contribution is -2.32. The molecule has 0 bridgehead atoms. The molecule has 33 heavy (non-hydrogen) atoms. The van der Waals surface area contributed by atoms with Crippen molar-refractivity contribution in [3.63, 3.8) is 0 Å². The Labute approximate surface area is 194 Å². The van der Waals surface area contributed by atoms with Crippen molar-refractivity contribution in [3.05, 3.63) is 83.2 Å². The van der Waals surface area contributed by atoms with Gasteiger partial charge in [0, 0.05) is 24.2 Å². The van der Waals surface area contributed by atoms with Gasteiger partial charge in [-0.05, 0) is 35.9 Å². The van der Waals surface area contributed by atoms with Crippen molar-refractivity contribution in [3.8, 4) is 5.75 Å². The van der Waals surface area contributed by atoms with Crippen LogP contribution in [0.1, 0.15) is 16.7 Å². The van der Waals surface area contributed by atoms with E-state index in [2.05, 4.69) is 8.75 Å². The molecule has 0 saturated heterocycles. The fourth-order valence-electron chi connectivity index (χ4n) is 3.74. The van der Waals surface area contributed by atoms with E-state index in [1.165, 1.54) is 10.4 Å². The zero-order valence-electron chi connectivity index (χ0n) is 17.5. The molecule has 0 fully saturated rings. The molecule has 1 aliphatic heterocycles. The van der Waals surface area contributed by atoms with Crippen LogP contribution in [0.4, 0.5) is 4.39 Å². The first-order chi connectivity index (χ1) is 16.0. The third-order valence-corrected chi connectivity index (χ3v) is 7.84. The van der Waals surface area contributed by atoms with Crippen molar-refractivity contribution in [2.45, 2.75) is 24.7 Å². The number of nitrogens with zero attached hydrogens (tertiary/aromatic N) is 3. The topological polar surface area (TPSA) is 81.6 Å². The van der Waals surface area contributed by atoms with E-state index in [0.717, 1.165) is 22.9 Å². The molecule has 1 aliphatic rings. The van der Waals surface area contributed by atoms with Gasteiger partial charge in [0.2, 0.25) is 10.0 Å². The fraction of sp³-hybridized carbons (Fsp3) is 0.217. The number of rotatable bonds is 6. The lowest BCUT2D eigenvalue weighted by molar-refractivity contribution is 0.105. The molecular weight excluding hydrogens is 465 g/mol. The molecule has 0 atom stereocenters. The van der Waals surface area contributed by atoms with E-state index < -0.39 is 10.0 Å². The molecule has 170 valence electrons. The summed E-state index contributed by atoms with van der Waals surface area (Å²) >= 11 is 0.986. The number of hydrogen-bond acceptors (Lipinski definition) is 7. The minimum absolute atomic E-state index is 0.140. The maximum Gasteiger partial charge on any atom is 0.245 e. The normalized spacial score (nSPS) is 14.6. The second-order valence-electron chi connectivity index (χ2n) is 7.60. The summed E-state index contributed by atoms with van der Waals surface area (Å²) in [6.45, 7) is 1.02. The Hall–Kier alpha value is -2.92. The molecule has 7 nitrogen and oxygen atoms in total. The van der Waals surface area contributed by atoms with E-state index >= 15 is 0 Å². The molecule has 0 amide bonds. The van der Waals surface area contributed by atoms with E-state index in [1.54, 1.807) is 36.4 Å². The second kappa shape index (κ2) is 9.14. The van der Waals surface area contributed by atoms with Crippen molar-refractivity contribution >= 4 is 32.8 Å². The number of fused-ring (bicyclic) bond motifs is 2. The Balaban J connectivity index is 1.36. The maximum absolute atomic E-state index is 13.8. The Morgan fingerprint density at radius 2 is 1.94 bits per heavy atom. The SMILES string of the molecule is O=S(=O)(c1cccc2nsnc12)N1CCOc2ccc(COCc3ccccc3F)cc2C1. The third kappa shape index (κ3) is 4.47. The average molecular weight is 486 g/mol. The van der Waals surface area contributed by atoms with Crippen LogP contribution in [-0.4, -0.2) is 34.6 Å². The molecule has 10 heteroatoms. The molecular formula is C23H20FN3O4S2. The Kier molecular flexibility index (Phi) is 6.07. The summed E-state index contributed by atoms with van der Waals surface area (Å²) < 4.78 is 61.9. The highest BCUT2D eigenvalue weighted by atomic mass is 32.2. The quantitative estimate of drug-likeness (QED) is 0.409. The van der Waals surface area contributed by atoms with Crippen LogP contribution in [0.25, 0.3) is 11.0 Å². The van der Waals surface area contributed by atoms with Crippen LogP contribution in [0, 0.1) is 5.82 Å². The van der Waals surface area contributed by atoms with E-state index in [-0.39, 0.29) is 43.6 Å². The van der Waals surface area contributed by atoms with Crippen LogP contribution in [0.15, 0.2) is 65.6 Å². The minimum Gasteiger partial charge on any atom is -0.492 e. The molecule has 5 rings (SSSR count). The van der Waals surface area contributed by atoms with Crippen LogP contribution in [0.3, 0.4) is 0 Å². The van der Waals surface area contributed by atoms with E-state index in [9.17, 15) is 12.8 Å². The van der Waals surface area contributed by atoms with Crippen LogP contribution in [0.2, 0.25) is 0 Å². The number of hydrogen-bond donors (Lipinski definition) is 0. The first-order valence-corrected chi connectivity index (χ1v) is 12.5. The van der Waals surface area contributed by atoms with Crippen LogP contribution >= 0.6 is 11.7 Å². The Bertz CT molecular complexity index is 1410. The zero-order chi connectivity index (χ0) is 22.8. The highest BCUT2D eigenvalue weighted by Gasteiger charge is 2.30. The summed E-state index contributed by atoms with van der Waals surface area (Å²) in [5.41, 5.74) is 3.01. The summed E-state index contributed by atoms with van der Waals surface area (Å²) in [5, 5.41) is 0.